The topological polar surface area (TPSA) is 93.5 Å². The van der Waals surface area contributed by atoms with E-state index in [0.29, 0.717) is 12.3 Å². The maximum absolute atomic E-state index is 12.3. The number of carboxylic acid groups (broad SMARTS) is 1. The van der Waals surface area contributed by atoms with Gasteiger partial charge in [0, 0.05) is 18.3 Å². The van der Waals surface area contributed by atoms with Gasteiger partial charge in [0.05, 0.1) is 12.1 Å². The van der Waals surface area contributed by atoms with Crippen LogP contribution >= 0.6 is 0 Å². The lowest BCUT2D eigenvalue weighted by Gasteiger charge is -2.18. The average molecular weight is 345 g/mol. The molecule has 0 spiro atoms. The number of carbonyl (C=O) groups is 2. The number of ether oxygens (including phenoxy) is 1. The summed E-state index contributed by atoms with van der Waals surface area (Å²) in [5.41, 5.74) is 0.163. The number of imidazole rings is 1. The number of amides is 1. The number of aromatic nitrogens is 2. The Morgan fingerprint density at radius 1 is 1.32 bits per heavy atom. The molecule has 1 aromatic heterocycles. The fourth-order valence-corrected chi connectivity index (χ4v) is 2.44. The largest absolute Gasteiger partial charge is 0.492 e. The van der Waals surface area contributed by atoms with Gasteiger partial charge in [-0.25, -0.2) is 9.78 Å². The van der Waals surface area contributed by atoms with E-state index >= 15 is 0 Å². The molecule has 25 heavy (non-hydrogen) atoms. The molecule has 7 heteroatoms. The zero-order chi connectivity index (χ0) is 18.4. The molecule has 0 bridgehead atoms. The van der Waals surface area contributed by atoms with Crippen molar-refractivity contribution in [3.8, 4) is 5.75 Å². The smallest absolute Gasteiger partial charge is 0.335 e. The van der Waals surface area contributed by atoms with E-state index < -0.39 is 5.97 Å². The Morgan fingerprint density at radius 3 is 2.76 bits per heavy atom. The van der Waals surface area contributed by atoms with Crippen LogP contribution in [0.3, 0.4) is 0 Å². The van der Waals surface area contributed by atoms with E-state index in [0.717, 1.165) is 5.82 Å². The summed E-state index contributed by atoms with van der Waals surface area (Å²) in [5, 5.41) is 11.8. The number of hydrogen-bond donors (Lipinski definition) is 2. The van der Waals surface area contributed by atoms with Gasteiger partial charge < -0.3 is 19.7 Å². The predicted octanol–water partition coefficient (Wildman–Crippen LogP) is 2.46. The first-order chi connectivity index (χ1) is 11.9. The minimum atomic E-state index is -1.01. The Hall–Kier alpha value is -2.83. The van der Waals surface area contributed by atoms with Crippen molar-refractivity contribution in [2.45, 2.75) is 32.7 Å². The summed E-state index contributed by atoms with van der Waals surface area (Å²) in [4.78, 5) is 27.5. The monoisotopic (exact) mass is 345 g/mol. The van der Waals surface area contributed by atoms with Crippen LogP contribution in [0.2, 0.25) is 0 Å². The van der Waals surface area contributed by atoms with Gasteiger partial charge in [-0.1, -0.05) is 19.9 Å². The van der Waals surface area contributed by atoms with Crippen molar-refractivity contribution >= 4 is 11.9 Å². The molecule has 1 amide bonds. The molecule has 2 aromatic rings. The third kappa shape index (κ3) is 4.82. The molecule has 0 fully saturated rings. The minimum absolute atomic E-state index is 0.122. The molecule has 134 valence electrons. The number of benzene rings is 1. The second-order valence-electron chi connectivity index (χ2n) is 6.00. The van der Waals surface area contributed by atoms with E-state index in [2.05, 4.69) is 10.3 Å². The van der Waals surface area contributed by atoms with E-state index in [-0.39, 0.29) is 30.0 Å². The van der Waals surface area contributed by atoms with Crippen molar-refractivity contribution in [3.05, 3.63) is 48.0 Å². The van der Waals surface area contributed by atoms with Crippen LogP contribution in [0, 0.1) is 0 Å². The summed E-state index contributed by atoms with van der Waals surface area (Å²) >= 11 is 0. The first-order valence-corrected chi connectivity index (χ1v) is 8.16. The molecule has 1 aromatic carbocycles. The minimum Gasteiger partial charge on any atom is -0.492 e. The maximum atomic E-state index is 12.3. The Morgan fingerprint density at radius 2 is 2.08 bits per heavy atom. The van der Waals surface area contributed by atoms with Crippen molar-refractivity contribution in [2.75, 3.05) is 13.2 Å². The van der Waals surface area contributed by atoms with Crippen LogP contribution in [0.5, 0.6) is 5.75 Å². The Bertz CT molecular complexity index is 739. The second-order valence-corrected chi connectivity index (χ2v) is 6.00. The van der Waals surface area contributed by atoms with Crippen LogP contribution in [-0.4, -0.2) is 39.7 Å². The predicted molar refractivity (Wildman–Crippen MR) is 92.9 cm³/mol. The van der Waals surface area contributed by atoms with Crippen molar-refractivity contribution in [3.63, 3.8) is 0 Å². The fraction of sp³-hybridized carbons (Fsp3) is 0.389. The average Bonchev–Trinajstić information content (AvgIpc) is 3.08. The molecule has 0 aliphatic heterocycles. The first kappa shape index (κ1) is 18.5. The molecule has 2 rings (SSSR count). The van der Waals surface area contributed by atoms with Crippen LogP contribution in [0.25, 0.3) is 0 Å². The molecule has 1 heterocycles. The highest BCUT2D eigenvalue weighted by Crippen LogP contribution is 2.17. The number of rotatable bonds is 8. The summed E-state index contributed by atoms with van der Waals surface area (Å²) in [7, 11) is 0. The fourth-order valence-electron chi connectivity index (χ4n) is 2.44. The lowest BCUT2D eigenvalue weighted by Crippen LogP contribution is -2.34. The lowest BCUT2D eigenvalue weighted by atomic mass is 10.2. The molecule has 0 aliphatic rings. The highest BCUT2D eigenvalue weighted by Gasteiger charge is 2.18. The van der Waals surface area contributed by atoms with Crippen LogP contribution in [-0.2, 0) is 4.79 Å². The molecular weight excluding hydrogens is 322 g/mol. The lowest BCUT2D eigenvalue weighted by molar-refractivity contribution is -0.124. The van der Waals surface area contributed by atoms with Crippen molar-refractivity contribution in [1.82, 2.24) is 14.9 Å². The summed E-state index contributed by atoms with van der Waals surface area (Å²) in [6.45, 7) is 6.46. The number of carbonyl (C=O) groups excluding carboxylic acids is 1. The summed E-state index contributed by atoms with van der Waals surface area (Å²) in [6, 6.07) is 5.88. The summed E-state index contributed by atoms with van der Waals surface area (Å²) in [5.74, 6) is 0.426. The Balaban J connectivity index is 1.83. The van der Waals surface area contributed by atoms with Gasteiger partial charge in [0.1, 0.15) is 24.2 Å². The number of hydrogen-bond acceptors (Lipinski definition) is 4. The van der Waals surface area contributed by atoms with E-state index in [1.807, 2.05) is 25.3 Å². The number of aromatic carboxylic acids is 1. The van der Waals surface area contributed by atoms with Gasteiger partial charge in [0.25, 0.3) is 0 Å². The third-order valence-corrected chi connectivity index (χ3v) is 3.76. The van der Waals surface area contributed by atoms with Gasteiger partial charge in [0.15, 0.2) is 0 Å². The van der Waals surface area contributed by atoms with E-state index in [9.17, 15) is 9.59 Å². The second kappa shape index (κ2) is 8.32. The number of nitrogens with one attached hydrogen (secondary N) is 1. The molecule has 0 aliphatic carbocycles. The van der Waals surface area contributed by atoms with E-state index in [4.69, 9.17) is 9.84 Å². The zero-order valence-electron chi connectivity index (χ0n) is 14.6. The Kier molecular flexibility index (Phi) is 6.16. The van der Waals surface area contributed by atoms with Crippen LogP contribution in [0.1, 0.15) is 48.9 Å². The molecule has 2 N–H and O–H groups in total. The number of nitrogens with zero attached hydrogens (tertiary/aromatic N) is 2. The summed E-state index contributed by atoms with van der Waals surface area (Å²) < 4.78 is 7.34. The standard InChI is InChI=1S/C18H23N3O4/c1-12(2)16-19-7-9-21(16)13(3)17(22)20-8-10-25-15-6-4-5-14(11-15)18(23)24/h4-7,9,11-13H,8,10H2,1-3H3,(H,20,22)(H,23,24)/t13-/m1/s1. The SMILES string of the molecule is CC(C)c1nccn1[C@H](C)C(=O)NCCOc1cccc(C(=O)O)c1. The van der Waals surface area contributed by atoms with Crippen LogP contribution < -0.4 is 10.1 Å². The van der Waals surface area contributed by atoms with E-state index in [1.165, 1.54) is 12.1 Å². The zero-order valence-corrected chi connectivity index (χ0v) is 14.6. The summed E-state index contributed by atoms with van der Waals surface area (Å²) in [6.07, 6.45) is 3.49. The highest BCUT2D eigenvalue weighted by molar-refractivity contribution is 5.88. The third-order valence-electron chi connectivity index (χ3n) is 3.76. The normalized spacial score (nSPS) is 12.0. The van der Waals surface area contributed by atoms with Crippen molar-refractivity contribution < 1.29 is 19.4 Å². The molecule has 0 saturated carbocycles. The molecule has 7 nitrogen and oxygen atoms in total. The Labute approximate surface area is 146 Å². The van der Waals surface area contributed by atoms with Gasteiger partial charge in [-0.05, 0) is 25.1 Å². The van der Waals surface area contributed by atoms with Gasteiger partial charge in [0.2, 0.25) is 5.91 Å². The van der Waals surface area contributed by atoms with E-state index in [1.54, 1.807) is 24.5 Å². The van der Waals surface area contributed by atoms with Gasteiger partial charge in [-0.2, -0.15) is 0 Å². The maximum Gasteiger partial charge on any atom is 0.335 e. The molecule has 0 radical (unpaired) electrons. The number of carboxylic acids is 1. The molecule has 0 saturated heterocycles. The molecular formula is C18H23N3O4. The van der Waals surface area contributed by atoms with Gasteiger partial charge in [-0.3, -0.25) is 4.79 Å². The molecule has 1 atom stereocenters. The highest BCUT2D eigenvalue weighted by atomic mass is 16.5. The first-order valence-electron chi connectivity index (χ1n) is 8.16. The van der Waals surface area contributed by atoms with Crippen molar-refractivity contribution in [1.29, 1.82) is 0 Å². The van der Waals surface area contributed by atoms with Crippen LogP contribution in [0.15, 0.2) is 36.7 Å². The van der Waals surface area contributed by atoms with Crippen LogP contribution in [0.4, 0.5) is 0 Å². The molecule has 0 unspecified atom stereocenters. The van der Waals surface area contributed by atoms with Gasteiger partial charge >= 0.3 is 5.97 Å². The van der Waals surface area contributed by atoms with Gasteiger partial charge in [-0.15, -0.1) is 0 Å². The quantitative estimate of drug-likeness (QED) is 0.717. The van der Waals surface area contributed by atoms with Crippen molar-refractivity contribution in [2.24, 2.45) is 0 Å².